The maximum absolute atomic E-state index is 14.2. The number of nitrogens with zero attached hydrogens (tertiary/aromatic N) is 11. The number of aryl methyl sites for hydroxylation is 1. The summed E-state index contributed by atoms with van der Waals surface area (Å²) in [5.41, 5.74) is 0.984. The van der Waals surface area contributed by atoms with Gasteiger partial charge in [0.2, 0.25) is 0 Å². The summed E-state index contributed by atoms with van der Waals surface area (Å²) in [6.07, 6.45) is 37.8. The fourth-order valence-electron chi connectivity index (χ4n) is 20.9. The van der Waals surface area contributed by atoms with Crippen LogP contribution in [0.1, 0.15) is 402 Å². The molecule has 0 bridgehead atoms. The van der Waals surface area contributed by atoms with Gasteiger partial charge in [-0.25, -0.2) is 46.5 Å². The van der Waals surface area contributed by atoms with Gasteiger partial charge in [0.1, 0.15) is 24.2 Å². The number of alkyl carbamates (subject to hydrolysis) is 1. The van der Waals surface area contributed by atoms with E-state index in [1.54, 1.807) is 51.2 Å². The van der Waals surface area contributed by atoms with Crippen molar-refractivity contribution in [2.24, 2.45) is 93.7 Å². The van der Waals surface area contributed by atoms with Gasteiger partial charge < -0.3 is 63.6 Å². The van der Waals surface area contributed by atoms with Crippen LogP contribution in [0.4, 0.5) is 41.5 Å². The second-order valence-corrected chi connectivity index (χ2v) is 44.9. The molecular weight excluding hydrogens is 1800 g/mol. The summed E-state index contributed by atoms with van der Waals surface area (Å²) in [4.78, 5) is 73.6. The number of amides is 7. The van der Waals surface area contributed by atoms with Crippen molar-refractivity contribution in [1.82, 2.24) is 60.4 Å². The van der Waals surface area contributed by atoms with Gasteiger partial charge in [0.25, 0.3) is 6.43 Å². The highest BCUT2D eigenvalue weighted by atomic mass is 19.3. The molecule has 3 N–H and O–H groups in total. The molecule has 7 amide bonds. The van der Waals surface area contributed by atoms with Gasteiger partial charge >= 0.3 is 30.3 Å². The van der Waals surface area contributed by atoms with Gasteiger partial charge in [-0.3, -0.25) is 9.80 Å². The predicted molar refractivity (Wildman–Crippen MR) is 576 cm³/mol. The van der Waals surface area contributed by atoms with Gasteiger partial charge in [0.15, 0.2) is 18.8 Å². The smallest absolute Gasteiger partial charge is 0.409 e. The summed E-state index contributed by atoms with van der Waals surface area (Å²) in [5, 5.41) is 29.5. The number of piperidine rings is 3. The quantitative estimate of drug-likeness (QED) is 0.0711. The first-order chi connectivity index (χ1) is 67.2. The number of methoxy groups -OCH3 is 1. The number of carbonyl (C=O) groups excluding carboxylic acids is 5. The van der Waals surface area contributed by atoms with E-state index in [-0.39, 0.29) is 59.1 Å². The summed E-state index contributed by atoms with van der Waals surface area (Å²) < 4.78 is 76.5. The van der Waals surface area contributed by atoms with Crippen molar-refractivity contribution < 1.29 is 64.7 Å². The zero-order chi connectivity index (χ0) is 108. The second-order valence-electron chi connectivity index (χ2n) is 44.9. The molecular formula is C114H214F4N14O10. The zero-order valence-electron chi connectivity index (χ0n) is 96.4. The second kappa shape index (κ2) is 76.0. The Balaban J connectivity index is 0.00000156. The van der Waals surface area contributed by atoms with Crippen LogP contribution >= 0.6 is 0 Å². The van der Waals surface area contributed by atoms with E-state index < -0.39 is 31.5 Å². The van der Waals surface area contributed by atoms with Crippen LogP contribution in [0.5, 0.6) is 0 Å². The van der Waals surface area contributed by atoms with Crippen molar-refractivity contribution in [2.75, 3.05) is 102 Å². The van der Waals surface area contributed by atoms with Crippen LogP contribution in [-0.4, -0.2) is 232 Å². The number of nitriles is 2. The molecule has 3 aliphatic heterocycles. The zero-order valence-corrected chi connectivity index (χ0v) is 96.4. The third-order valence-electron chi connectivity index (χ3n) is 30.5. The maximum atomic E-state index is 14.2. The van der Waals surface area contributed by atoms with E-state index in [0.29, 0.717) is 56.1 Å². The van der Waals surface area contributed by atoms with E-state index in [1.807, 2.05) is 87.4 Å². The van der Waals surface area contributed by atoms with E-state index in [2.05, 4.69) is 173 Å². The number of urea groups is 2. The third-order valence-corrected chi connectivity index (χ3v) is 30.5. The van der Waals surface area contributed by atoms with Crippen LogP contribution < -0.4 is 16.0 Å². The van der Waals surface area contributed by atoms with Crippen LogP contribution in [0.15, 0.2) is 27.6 Å². The molecule has 10 fully saturated rings. The molecule has 2 aromatic heterocycles. The summed E-state index contributed by atoms with van der Waals surface area (Å²) in [6.45, 7) is 59.3. The number of oxazole rings is 1. The van der Waals surface area contributed by atoms with Crippen molar-refractivity contribution in [3.8, 4) is 12.1 Å². The molecule has 6 unspecified atom stereocenters. The molecule has 7 aliphatic carbocycles. The summed E-state index contributed by atoms with van der Waals surface area (Å²) in [7, 11) is 13.8. The number of carbonyl (C=O) groups is 5. The van der Waals surface area contributed by atoms with Crippen LogP contribution in [0.25, 0.3) is 0 Å². The number of aromatic nitrogens is 2. The minimum atomic E-state index is -2.60. The summed E-state index contributed by atoms with van der Waals surface area (Å²) >= 11 is 0. The first kappa shape index (κ1) is 135. The lowest BCUT2D eigenvalue weighted by atomic mass is 9.74. The lowest BCUT2D eigenvalue weighted by molar-refractivity contribution is 0.0202. The number of unbranched alkanes of at least 4 members (excludes halogenated alkanes) is 1. The van der Waals surface area contributed by atoms with Crippen molar-refractivity contribution in [2.45, 2.75) is 460 Å². The first-order valence-electron chi connectivity index (χ1n) is 56.1. The summed E-state index contributed by atoms with van der Waals surface area (Å²) in [6, 6.07) is 8.82. The van der Waals surface area contributed by atoms with Crippen LogP contribution in [0.3, 0.4) is 0 Å². The molecule has 0 aromatic carbocycles. The van der Waals surface area contributed by atoms with Gasteiger partial charge in [-0.05, 0) is 326 Å². The molecule has 828 valence electrons. The Labute approximate surface area is 864 Å². The Morgan fingerprint density at radius 1 is 0.535 bits per heavy atom. The fourth-order valence-corrected chi connectivity index (χ4v) is 20.9. The molecule has 3 saturated heterocycles. The molecule has 142 heavy (non-hydrogen) atoms. The average Bonchev–Trinajstić information content (AvgIpc) is 1.46. The number of hydrogen-bond acceptors (Lipinski definition) is 17. The van der Waals surface area contributed by atoms with E-state index in [9.17, 15) is 41.5 Å². The SMILES string of the molecule is CC.CC.CC.CC.CC(C)(C)C1CCN(Cc2cnco2)CC1F.CC(C)C1CCC(CCCC#N)C1.CC(C)C1CCC(N2CCC(C#N)CC2)CC1.CC(C)C1CCC(OC(=O)N(C)C)CC1.CC1CCC(NC(=O)N(C)C)CC1.CC1CCC(NC(=O)OCC(F)F)CC1.CNC(=O)N(C)C1CCC(C)CC1.COC(=O)N(C)C1CCC(C)CC1.Cc1cc(CN2CCC(C(C)(C)C)C(F)C2)on1. The molecule has 12 rings (SSSR count). The van der Waals surface area contributed by atoms with Gasteiger partial charge in [0.05, 0.1) is 44.2 Å². The topological polar surface area (TPSA) is 271 Å². The van der Waals surface area contributed by atoms with Crippen molar-refractivity contribution in [3.05, 3.63) is 35.9 Å². The number of rotatable bonds is 18. The Hall–Kier alpha value is -6.65. The molecule has 5 heterocycles. The molecule has 2 aromatic rings. The fraction of sp³-hybridized carbons (Fsp3) is 0.886. The minimum absolute atomic E-state index is 0.0413. The standard InChI is InChI=1S/C15H26N2.C14H23FN2O.C13H21FN2O.C12H23NO2.C12H21N.C10H17F2NO2.2C10H20N2O.C10H19NO2.4C2H6/c1-12(2)14-3-5-15(6-4-14)17-9-7-13(11-16)8-10-17;1-10-7-11(18-16-10)8-17-6-5-12(13(15)9-17)14(2,3)4;1-13(2,3)11-4-5-16(8-12(11)14)7-10-6-15-9-17-10;1-9(2)10-5-7-11(8-6-10)15-12(14)13(3)4;1-10(2)12-7-6-11(9-12)5-3-4-8-13;1-7-2-4-8(5-3-7)13-10(14)15-6-9(11)12;1-8-4-6-9(7-5-8)11-10(13)12(2)3;1-8-4-6-9(7-5-8)12(3)10(13)11-2;1-8-4-6-9(7-5-8)11(2)10(12)13-3;4*1-2/h12-15H,3-10H2,1-2H3;7,12-13H,5-6,8-9H2,1-4H3;6,9,11-12H,4-5,7-8H2,1-3H3;9-11H,5-8H2,1-4H3;10-12H,3-7,9H2,1-2H3;7-9H,2-6H2,1H3,(H,13,14);2*8-9H,4-7H2,1-3H3,(H,11,13);8-9H,4-7H2,1-3H3;4*1-2H3. The van der Waals surface area contributed by atoms with E-state index in [0.717, 1.165) is 224 Å². The van der Waals surface area contributed by atoms with E-state index in [4.69, 9.17) is 24.2 Å². The molecule has 6 atom stereocenters. The van der Waals surface area contributed by atoms with E-state index in [1.165, 1.54) is 121 Å². The highest BCUT2D eigenvalue weighted by Crippen LogP contribution is 2.42. The Kier molecular flexibility index (Phi) is 72.4. The molecule has 10 aliphatic rings. The highest BCUT2D eigenvalue weighted by molar-refractivity contribution is 5.74. The Morgan fingerprint density at radius 2 is 0.965 bits per heavy atom. The monoisotopic (exact) mass is 2020 g/mol. The predicted octanol–water partition coefficient (Wildman–Crippen LogP) is 28.8. The normalized spacial score (nSPS) is 26.6. The lowest BCUT2D eigenvalue weighted by Crippen LogP contribution is -2.45. The molecule has 28 heteroatoms. The number of halogens is 4. The van der Waals surface area contributed by atoms with Crippen LogP contribution in [-0.2, 0) is 27.3 Å². The first-order valence-corrected chi connectivity index (χ1v) is 56.1. The number of nitrogens with one attached hydrogen (secondary N) is 3. The van der Waals surface area contributed by atoms with Gasteiger partial charge in [0, 0.05) is 111 Å². The minimum Gasteiger partial charge on any atom is -0.453 e. The number of likely N-dealkylation sites (tertiary alicyclic amines) is 3. The maximum Gasteiger partial charge on any atom is 0.409 e. The highest BCUT2D eigenvalue weighted by Gasteiger charge is 2.40. The van der Waals surface area contributed by atoms with Crippen LogP contribution in [0.2, 0.25) is 0 Å². The van der Waals surface area contributed by atoms with Crippen molar-refractivity contribution in [1.29, 1.82) is 10.5 Å². The molecule has 0 spiro atoms. The average molecular weight is 2020 g/mol. The largest absolute Gasteiger partial charge is 0.453 e. The van der Waals surface area contributed by atoms with Gasteiger partial charge in [-0.15, -0.1) is 0 Å². The molecule has 0 radical (unpaired) electrons. The van der Waals surface area contributed by atoms with Gasteiger partial charge in [-0.2, -0.15) is 10.5 Å². The Morgan fingerprint density at radius 3 is 1.33 bits per heavy atom. The van der Waals surface area contributed by atoms with E-state index >= 15 is 0 Å². The Bertz CT molecular complexity index is 3510. The van der Waals surface area contributed by atoms with Crippen LogP contribution in [0, 0.1) is 123 Å². The number of ether oxygens (including phenoxy) is 3. The number of hydrogen-bond donors (Lipinski definition) is 3. The van der Waals surface area contributed by atoms with Crippen molar-refractivity contribution >= 4 is 30.3 Å². The van der Waals surface area contributed by atoms with Crippen molar-refractivity contribution in [3.63, 3.8) is 0 Å². The lowest BCUT2D eigenvalue weighted by Gasteiger charge is -2.40. The third kappa shape index (κ3) is 57.0. The number of alkyl halides is 4. The molecule has 7 saturated carbocycles. The summed E-state index contributed by atoms with van der Waals surface area (Å²) in [5.74, 6) is 11.6. The molecule has 24 nitrogen and oxygen atoms in total. The van der Waals surface area contributed by atoms with Gasteiger partial charge in [-0.1, -0.05) is 178 Å².